The van der Waals surface area contributed by atoms with Gasteiger partial charge >= 0.3 is 0 Å². The predicted octanol–water partition coefficient (Wildman–Crippen LogP) is 4.84. The van der Waals surface area contributed by atoms with Crippen molar-refractivity contribution in [3.8, 4) is 0 Å². The lowest BCUT2D eigenvalue weighted by Crippen LogP contribution is -2.35. The van der Waals surface area contributed by atoms with Crippen LogP contribution in [0.4, 0.5) is 5.69 Å². The van der Waals surface area contributed by atoms with Gasteiger partial charge in [0.1, 0.15) is 0 Å². The number of aryl methyl sites for hydroxylation is 3. The second-order valence-corrected chi connectivity index (χ2v) is 8.23. The number of hydrogen-bond acceptors (Lipinski definition) is 3. The normalized spacial score (nSPS) is 10.6. The molecular weight excluding hydrogens is 380 g/mol. The lowest BCUT2D eigenvalue weighted by atomic mass is 10.1. The number of rotatable bonds is 7. The molecule has 2 rings (SSSR count). The Morgan fingerprint density at radius 3 is 2.26 bits per heavy atom. The van der Waals surface area contributed by atoms with Gasteiger partial charge in [0.2, 0.25) is 11.8 Å². The van der Waals surface area contributed by atoms with E-state index in [1.54, 1.807) is 18.8 Å². The predicted molar refractivity (Wildman–Crippen MR) is 114 cm³/mol. The molecule has 0 aliphatic carbocycles. The molecule has 6 heteroatoms. The Morgan fingerprint density at radius 1 is 1.07 bits per heavy atom. The molecule has 0 radical (unpaired) electrons. The molecule has 0 saturated heterocycles. The van der Waals surface area contributed by atoms with Gasteiger partial charge in [-0.25, -0.2) is 0 Å². The van der Waals surface area contributed by atoms with Crippen molar-refractivity contribution >= 4 is 40.9 Å². The van der Waals surface area contributed by atoms with E-state index in [4.69, 9.17) is 11.6 Å². The number of benzene rings is 2. The number of carbonyl (C=O) groups is 2. The van der Waals surface area contributed by atoms with E-state index in [0.717, 1.165) is 27.3 Å². The smallest absolute Gasteiger partial charge is 0.243 e. The van der Waals surface area contributed by atoms with Gasteiger partial charge in [0, 0.05) is 34.8 Å². The highest BCUT2D eigenvalue weighted by Gasteiger charge is 2.14. The standard InChI is InChI=1S/C21H25ClN2O2S/c1-14-11-15(2)21(16(3)12-14)23-19(25)13-24(4)20(26)9-10-27-18-7-5-17(22)6-8-18/h5-8,11-12H,9-10,13H2,1-4H3,(H,23,25). The van der Waals surface area contributed by atoms with Crippen LogP contribution in [0.1, 0.15) is 23.1 Å². The first-order chi connectivity index (χ1) is 12.8. The molecule has 27 heavy (non-hydrogen) atoms. The molecule has 2 amide bonds. The maximum Gasteiger partial charge on any atom is 0.243 e. The molecule has 0 aliphatic rings. The molecule has 0 heterocycles. The topological polar surface area (TPSA) is 49.4 Å². The fraction of sp³-hybridized carbons (Fsp3) is 0.333. The van der Waals surface area contributed by atoms with Crippen LogP contribution in [0, 0.1) is 20.8 Å². The van der Waals surface area contributed by atoms with Crippen molar-refractivity contribution in [2.45, 2.75) is 32.1 Å². The van der Waals surface area contributed by atoms with Gasteiger partial charge in [0.15, 0.2) is 0 Å². The Hall–Kier alpha value is -1.98. The maximum atomic E-state index is 12.3. The van der Waals surface area contributed by atoms with Gasteiger partial charge in [0.05, 0.1) is 6.54 Å². The monoisotopic (exact) mass is 404 g/mol. The lowest BCUT2D eigenvalue weighted by Gasteiger charge is -2.18. The Balaban J connectivity index is 1.81. The van der Waals surface area contributed by atoms with Gasteiger partial charge in [-0.1, -0.05) is 29.3 Å². The van der Waals surface area contributed by atoms with Gasteiger partial charge in [-0.15, -0.1) is 11.8 Å². The van der Waals surface area contributed by atoms with Crippen molar-refractivity contribution in [2.75, 3.05) is 24.7 Å². The molecular formula is C21H25ClN2O2S. The van der Waals surface area contributed by atoms with Crippen molar-refractivity contribution in [3.63, 3.8) is 0 Å². The van der Waals surface area contributed by atoms with Gasteiger partial charge in [0.25, 0.3) is 0 Å². The van der Waals surface area contributed by atoms with E-state index in [9.17, 15) is 9.59 Å². The first-order valence-corrected chi connectivity index (χ1v) is 10.1. The van der Waals surface area contributed by atoms with Crippen molar-refractivity contribution in [1.82, 2.24) is 4.90 Å². The van der Waals surface area contributed by atoms with E-state index in [-0.39, 0.29) is 18.4 Å². The summed E-state index contributed by atoms with van der Waals surface area (Å²) in [6.45, 7) is 6.01. The Kier molecular flexibility index (Phi) is 7.75. The molecule has 0 unspecified atom stereocenters. The summed E-state index contributed by atoms with van der Waals surface area (Å²) in [6, 6.07) is 11.6. The minimum Gasteiger partial charge on any atom is -0.336 e. The SMILES string of the molecule is Cc1cc(C)c(NC(=O)CN(C)C(=O)CCSc2ccc(Cl)cc2)c(C)c1. The molecule has 0 fully saturated rings. The summed E-state index contributed by atoms with van der Waals surface area (Å²) in [5.41, 5.74) is 4.03. The van der Waals surface area contributed by atoms with Crippen molar-refractivity contribution in [2.24, 2.45) is 0 Å². The van der Waals surface area contributed by atoms with E-state index < -0.39 is 0 Å². The van der Waals surface area contributed by atoms with Crippen LogP contribution >= 0.6 is 23.4 Å². The first kappa shape index (κ1) is 21.3. The molecule has 2 aromatic rings. The number of nitrogens with one attached hydrogen (secondary N) is 1. The highest BCUT2D eigenvalue weighted by atomic mass is 35.5. The Labute approximate surface area is 170 Å². The molecule has 144 valence electrons. The van der Waals surface area contributed by atoms with Crippen LogP contribution in [0.2, 0.25) is 5.02 Å². The van der Waals surface area contributed by atoms with Crippen molar-refractivity contribution < 1.29 is 9.59 Å². The summed E-state index contributed by atoms with van der Waals surface area (Å²) in [5, 5.41) is 3.62. The van der Waals surface area contributed by atoms with E-state index in [2.05, 4.69) is 5.32 Å². The average Bonchev–Trinajstić information content (AvgIpc) is 2.59. The highest BCUT2D eigenvalue weighted by molar-refractivity contribution is 7.99. The third-order valence-electron chi connectivity index (χ3n) is 4.15. The lowest BCUT2D eigenvalue weighted by molar-refractivity contribution is -0.132. The minimum atomic E-state index is -0.189. The van der Waals surface area contributed by atoms with E-state index >= 15 is 0 Å². The number of thioether (sulfide) groups is 1. The highest BCUT2D eigenvalue weighted by Crippen LogP contribution is 2.22. The molecule has 2 aromatic carbocycles. The minimum absolute atomic E-state index is 0.0389. The second-order valence-electron chi connectivity index (χ2n) is 6.62. The Bertz CT molecular complexity index is 798. The summed E-state index contributed by atoms with van der Waals surface area (Å²) in [7, 11) is 1.66. The van der Waals surface area contributed by atoms with E-state index in [1.807, 2.05) is 57.2 Å². The Morgan fingerprint density at radius 2 is 1.67 bits per heavy atom. The zero-order valence-corrected chi connectivity index (χ0v) is 17.7. The number of anilines is 1. The van der Waals surface area contributed by atoms with Crippen LogP contribution in [0.3, 0.4) is 0 Å². The summed E-state index contributed by atoms with van der Waals surface area (Å²) in [4.78, 5) is 27.1. The number of likely N-dealkylation sites (N-methyl/N-ethyl adjacent to an activating group) is 1. The number of carbonyl (C=O) groups excluding carboxylic acids is 2. The number of amides is 2. The van der Waals surface area contributed by atoms with Crippen molar-refractivity contribution in [1.29, 1.82) is 0 Å². The molecule has 4 nitrogen and oxygen atoms in total. The summed E-state index contributed by atoms with van der Waals surface area (Å²) < 4.78 is 0. The molecule has 0 atom stereocenters. The molecule has 1 N–H and O–H groups in total. The quantitative estimate of drug-likeness (QED) is 0.671. The van der Waals surface area contributed by atoms with Gasteiger partial charge in [-0.05, 0) is 56.2 Å². The number of hydrogen-bond donors (Lipinski definition) is 1. The van der Waals surface area contributed by atoms with Crippen LogP contribution < -0.4 is 5.32 Å². The van der Waals surface area contributed by atoms with E-state index in [1.165, 1.54) is 4.90 Å². The zero-order chi connectivity index (χ0) is 20.0. The van der Waals surface area contributed by atoms with E-state index in [0.29, 0.717) is 17.2 Å². The zero-order valence-electron chi connectivity index (χ0n) is 16.1. The maximum absolute atomic E-state index is 12.3. The van der Waals surface area contributed by atoms with Gasteiger partial charge in [-0.2, -0.15) is 0 Å². The molecule has 0 aromatic heterocycles. The van der Waals surface area contributed by atoms with Crippen LogP contribution in [0.5, 0.6) is 0 Å². The third-order valence-corrected chi connectivity index (χ3v) is 5.41. The average molecular weight is 405 g/mol. The fourth-order valence-corrected chi connectivity index (χ4v) is 3.80. The van der Waals surface area contributed by atoms with Crippen molar-refractivity contribution in [3.05, 3.63) is 58.1 Å². The second kappa shape index (κ2) is 9.81. The summed E-state index contributed by atoms with van der Waals surface area (Å²) in [5.74, 6) is 0.415. The van der Waals surface area contributed by atoms with Crippen LogP contribution in [-0.4, -0.2) is 36.1 Å². The first-order valence-electron chi connectivity index (χ1n) is 8.76. The summed E-state index contributed by atoms with van der Waals surface area (Å²) in [6.07, 6.45) is 0.375. The van der Waals surface area contributed by atoms with Gasteiger partial charge in [-0.3, -0.25) is 9.59 Å². The largest absolute Gasteiger partial charge is 0.336 e. The number of nitrogens with zero attached hydrogens (tertiary/aromatic N) is 1. The van der Waals surface area contributed by atoms with Crippen LogP contribution in [-0.2, 0) is 9.59 Å². The molecule has 0 bridgehead atoms. The molecule has 0 saturated carbocycles. The third kappa shape index (κ3) is 6.60. The molecule has 0 spiro atoms. The summed E-state index contributed by atoms with van der Waals surface area (Å²) >= 11 is 7.46. The van der Waals surface area contributed by atoms with Crippen LogP contribution in [0.15, 0.2) is 41.3 Å². The molecule has 0 aliphatic heterocycles. The fourth-order valence-electron chi connectivity index (χ4n) is 2.84. The number of halogens is 1. The van der Waals surface area contributed by atoms with Crippen LogP contribution in [0.25, 0.3) is 0 Å². The van der Waals surface area contributed by atoms with Gasteiger partial charge < -0.3 is 10.2 Å².